The predicted octanol–water partition coefficient (Wildman–Crippen LogP) is 4.34. The minimum atomic E-state index is -0.196. The molecule has 18 heavy (non-hydrogen) atoms. The number of halogens is 1. The normalized spacial score (nSPS) is 10.4. The maximum atomic E-state index is 12.9. The van der Waals surface area contributed by atoms with Crippen molar-refractivity contribution in [2.24, 2.45) is 0 Å². The molecule has 2 aromatic rings. The molecule has 0 heterocycles. The molecular formula is C16H18FN. The predicted molar refractivity (Wildman–Crippen MR) is 75.4 cm³/mol. The van der Waals surface area contributed by atoms with E-state index in [-0.39, 0.29) is 5.82 Å². The van der Waals surface area contributed by atoms with E-state index < -0.39 is 0 Å². The number of hydrogen-bond donors (Lipinski definition) is 0. The van der Waals surface area contributed by atoms with Crippen molar-refractivity contribution in [2.45, 2.75) is 13.8 Å². The second-order valence-electron chi connectivity index (χ2n) is 4.23. The Hall–Kier alpha value is -1.83. The summed E-state index contributed by atoms with van der Waals surface area (Å²) >= 11 is 0. The van der Waals surface area contributed by atoms with Gasteiger partial charge in [0.05, 0.1) is 0 Å². The van der Waals surface area contributed by atoms with Gasteiger partial charge in [-0.2, -0.15) is 0 Å². The fourth-order valence-electron chi connectivity index (χ4n) is 2.10. The first kappa shape index (κ1) is 12.6. The van der Waals surface area contributed by atoms with E-state index in [1.54, 1.807) is 0 Å². The second kappa shape index (κ2) is 5.67. The number of nitrogens with zero attached hydrogens (tertiary/aromatic N) is 1. The molecule has 0 aromatic heterocycles. The van der Waals surface area contributed by atoms with E-state index in [0.29, 0.717) is 0 Å². The Bertz CT molecular complexity index is 484. The van der Waals surface area contributed by atoms with Crippen LogP contribution >= 0.6 is 0 Å². The quantitative estimate of drug-likeness (QED) is 0.772. The molecule has 0 aliphatic carbocycles. The van der Waals surface area contributed by atoms with Gasteiger partial charge < -0.3 is 4.90 Å². The molecule has 2 rings (SSSR count). The van der Waals surface area contributed by atoms with Crippen LogP contribution in [0.3, 0.4) is 0 Å². The summed E-state index contributed by atoms with van der Waals surface area (Å²) in [5, 5.41) is 0. The molecule has 0 aliphatic heterocycles. The van der Waals surface area contributed by atoms with Crippen LogP contribution in [0.25, 0.3) is 11.1 Å². The van der Waals surface area contributed by atoms with Crippen LogP contribution in [-0.2, 0) is 0 Å². The van der Waals surface area contributed by atoms with Crippen molar-refractivity contribution in [3.8, 4) is 11.1 Å². The third kappa shape index (κ3) is 2.70. The third-order valence-electron chi connectivity index (χ3n) is 3.17. The summed E-state index contributed by atoms with van der Waals surface area (Å²) in [4.78, 5) is 2.30. The zero-order valence-electron chi connectivity index (χ0n) is 10.9. The van der Waals surface area contributed by atoms with Gasteiger partial charge in [-0.25, -0.2) is 4.39 Å². The summed E-state index contributed by atoms with van der Waals surface area (Å²) in [6.07, 6.45) is 0. The Kier molecular flexibility index (Phi) is 3.98. The number of rotatable bonds is 4. The fourth-order valence-corrected chi connectivity index (χ4v) is 2.10. The van der Waals surface area contributed by atoms with E-state index in [2.05, 4.69) is 43.0 Å². The van der Waals surface area contributed by atoms with Crippen molar-refractivity contribution in [1.29, 1.82) is 0 Å². The lowest BCUT2D eigenvalue weighted by Gasteiger charge is -2.21. The van der Waals surface area contributed by atoms with Crippen molar-refractivity contribution in [3.05, 3.63) is 54.3 Å². The van der Waals surface area contributed by atoms with Crippen molar-refractivity contribution >= 4 is 5.69 Å². The van der Waals surface area contributed by atoms with Gasteiger partial charge in [-0.1, -0.05) is 24.3 Å². The summed E-state index contributed by atoms with van der Waals surface area (Å²) in [7, 11) is 0. The minimum Gasteiger partial charge on any atom is -0.372 e. The second-order valence-corrected chi connectivity index (χ2v) is 4.23. The number of anilines is 1. The molecule has 0 unspecified atom stereocenters. The smallest absolute Gasteiger partial charge is 0.123 e. The van der Waals surface area contributed by atoms with Gasteiger partial charge in [0.2, 0.25) is 0 Å². The van der Waals surface area contributed by atoms with Gasteiger partial charge in [-0.3, -0.25) is 0 Å². The lowest BCUT2D eigenvalue weighted by molar-refractivity contribution is 0.628. The van der Waals surface area contributed by atoms with Gasteiger partial charge in [-0.05, 0) is 49.2 Å². The highest BCUT2D eigenvalue weighted by molar-refractivity contribution is 5.66. The monoisotopic (exact) mass is 243 g/mol. The van der Waals surface area contributed by atoms with Gasteiger partial charge in [0.25, 0.3) is 0 Å². The van der Waals surface area contributed by atoms with E-state index in [9.17, 15) is 4.39 Å². The molecule has 0 atom stereocenters. The Morgan fingerprint density at radius 1 is 0.778 bits per heavy atom. The molecule has 0 saturated carbocycles. The van der Waals surface area contributed by atoms with Gasteiger partial charge in [0.15, 0.2) is 0 Å². The molecule has 0 radical (unpaired) electrons. The van der Waals surface area contributed by atoms with Crippen LogP contribution in [0, 0.1) is 5.82 Å². The van der Waals surface area contributed by atoms with Crippen LogP contribution in [0.1, 0.15) is 13.8 Å². The van der Waals surface area contributed by atoms with Crippen LogP contribution in [0.5, 0.6) is 0 Å². The van der Waals surface area contributed by atoms with Crippen LogP contribution in [0.4, 0.5) is 10.1 Å². The molecule has 0 saturated heterocycles. The standard InChI is InChI=1S/C16H18FN/c1-3-18(4-2)16-11-7-14(8-12-16)13-5-9-15(17)10-6-13/h5-12H,3-4H2,1-2H3. The molecule has 1 nitrogen and oxygen atoms in total. The maximum absolute atomic E-state index is 12.9. The van der Waals surface area contributed by atoms with Crippen molar-refractivity contribution < 1.29 is 4.39 Å². The topological polar surface area (TPSA) is 3.24 Å². The first-order valence-corrected chi connectivity index (χ1v) is 6.35. The molecule has 0 spiro atoms. The van der Waals surface area contributed by atoms with E-state index in [0.717, 1.165) is 24.2 Å². The number of hydrogen-bond acceptors (Lipinski definition) is 1. The highest BCUT2D eigenvalue weighted by atomic mass is 19.1. The highest BCUT2D eigenvalue weighted by Crippen LogP contribution is 2.23. The Balaban J connectivity index is 2.24. The summed E-state index contributed by atoms with van der Waals surface area (Å²) in [5.41, 5.74) is 3.39. The van der Waals surface area contributed by atoms with Crippen molar-refractivity contribution in [2.75, 3.05) is 18.0 Å². The summed E-state index contributed by atoms with van der Waals surface area (Å²) in [5.74, 6) is -0.196. The SMILES string of the molecule is CCN(CC)c1ccc(-c2ccc(F)cc2)cc1. The van der Waals surface area contributed by atoms with Crippen LogP contribution in [-0.4, -0.2) is 13.1 Å². The lowest BCUT2D eigenvalue weighted by atomic mass is 10.1. The van der Waals surface area contributed by atoms with E-state index in [4.69, 9.17) is 0 Å². The molecule has 0 aliphatic rings. The van der Waals surface area contributed by atoms with Crippen LogP contribution in [0.15, 0.2) is 48.5 Å². The fraction of sp³-hybridized carbons (Fsp3) is 0.250. The van der Waals surface area contributed by atoms with E-state index in [1.165, 1.54) is 17.8 Å². The summed E-state index contributed by atoms with van der Waals surface area (Å²) < 4.78 is 12.9. The van der Waals surface area contributed by atoms with Crippen molar-refractivity contribution in [3.63, 3.8) is 0 Å². The highest BCUT2D eigenvalue weighted by Gasteiger charge is 2.02. The Labute approximate surface area is 108 Å². The van der Waals surface area contributed by atoms with E-state index in [1.807, 2.05) is 12.1 Å². The van der Waals surface area contributed by atoms with Gasteiger partial charge >= 0.3 is 0 Å². The lowest BCUT2D eigenvalue weighted by Crippen LogP contribution is -2.21. The summed E-state index contributed by atoms with van der Waals surface area (Å²) in [6, 6.07) is 15.0. The molecule has 0 N–H and O–H groups in total. The van der Waals surface area contributed by atoms with Gasteiger partial charge in [-0.15, -0.1) is 0 Å². The first-order valence-electron chi connectivity index (χ1n) is 6.35. The molecule has 2 heteroatoms. The Morgan fingerprint density at radius 2 is 1.22 bits per heavy atom. The average molecular weight is 243 g/mol. The molecule has 2 aromatic carbocycles. The zero-order valence-corrected chi connectivity index (χ0v) is 10.9. The summed E-state index contributed by atoms with van der Waals surface area (Å²) in [6.45, 7) is 6.31. The van der Waals surface area contributed by atoms with Crippen LogP contribution < -0.4 is 4.90 Å². The molecular weight excluding hydrogens is 225 g/mol. The molecule has 0 fully saturated rings. The zero-order chi connectivity index (χ0) is 13.0. The number of benzene rings is 2. The van der Waals surface area contributed by atoms with Crippen LogP contribution in [0.2, 0.25) is 0 Å². The van der Waals surface area contributed by atoms with E-state index >= 15 is 0 Å². The molecule has 0 amide bonds. The Morgan fingerprint density at radius 3 is 1.67 bits per heavy atom. The largest absolute Gasteiger partial charge is 0.372 e. The molecule has 94 valence electrons. The first-order chi connectivity index (χ1) is 8.74. The molecule has 0 bridgehead atoms. The minimum absolute atomic E-state index is 0.196. The van der Waals surface area contributed by atoms with Crippen molar-refractivity contribution in [1.82, 2.24) is 0 Å². The van der Waals surface area contributed by atoms with Gasteiger partial charge in [0.1, 0.15) is 5.82 Å². The third-order valence-corrected chi connectivity index (χ3v) is 3.17. The maximum Gasteiger partial charge on any atom is 0.123 e. The van der Waals surface area contributed by atoms with Gasteiger partial charge in [0, 0.05) is 18.8 Å². The average Bonchev–Trinajstić information content (AvgIpc) is 2.42.